The van der Waals surface area contributed by atoms with Crippen molar-refractivity contribution >= 4 is 17.8 Å². The number of nitrogens with one attached hydrogen (secondary N) is 1. The van der Waals surface area contributed by atoms with Crippen molar-refractivity contribution in [1.29, 1.82) is 0 Å². The molecule has 0 spiro atoms. The summed E-state index contributed by atoms with van der Waals surface area (Å²) >= 11 is 0. The van der Waals surface area contributed by atoms with Crippen LogP contribution < -0.4 is 5.32 Å². The molecule has 0 unspecified atom stereocenters. The first kappa shape index (κ1) is 24.6. The predicted molar refractivity (Wildman–Crippen MR) is 138 cm³/mol. The lowest BCUT2D eigenvalue weighted by Crippen LogP contribution is -2.49. The zero-order valence-electron chi connectivity index (χ0n) is 20.5. The Morgan fingerprint density at radius 2 is 1.49 bits per heavy atom. The predicted octanol–water partition coefficient (Wildman–Crippen LogP) is 4.06. The third kappa shape index (κ3) is 4.46. The Hall–Kier alpha value is -4.13. The number of aromatic hydroxyl groups is 1. The average molecular weight is 499 g/mol. The van der Waals surface area contributed by atoms with Crippen LogP contribution in [-0.4, -0.2) is 52.0 Å². The monoisotopic (exact) mass is 498 g/mol. The van der Waals surface area contributed by atoms with Crippen LogP contribution in [0.25, 0.3) is 0 Å². The lowest BCUT2D eigenvalue weighted by atomic mass is 9.63. The molecular weight excluding hydrogens is 468 g/mol. The first-order chi connectivity index (χ1) is 17.9. The highest BCUT2D eigenvalue weighted by atomic mass is 16.4. The molecule has 3 aromatic rings. The summed E-state index contributed by atoms with van der Waals surface area (Å²) in [6.45, 7) is 1.01. The van der Waals surface area contributed by atoms with Crippen molar-refractivity contribution in [1.82, 2.24) is 10.2 Å². The summed E-state index contributed by atoms with van der Waals surface area (Å²) in [5.41, 5.74) is 1.24. The Balaban J connectivity index is 1.31. The maximum Gasteiger partial charge on any atom is 0.318 e. The number of likely N-dealkylation sites (tertiary alicyclic amines) is 1. The minimum Gasteiger partial charge on any atom is -0.507 e. The van der Waals surface area contributed by atoms with E-state index in [0.29, 0.717) is 44.3 Å². The van der Waals surface area contributed by atoms with Crippen molar-refractivity contribution in [3.8, 4) is 5.75 Å². The number of hydrogen-bond acceptors (Lipinski definition) is 4. The molecule has 1 fully saturated rings. The van der Waals surface area contributed by atoms with Crippen LogP contribution in [0, 0.1) is 0 Å². The molecule has 1 heterocycles. The van der Waals surface area contributed by atoms with E-state index >= 15 is 0 Å². The van der Waals surface area contributed by atoms with E-state index in [0.717, 1.165) is 11.1 Å². The van der Waals surface area contributed by atoms with Crippen LogP contribution in [0.5, 0.6) is 5.75 Å². The van der Waals surface area contributed by atoms with E-state index in [2.05, 4.69) is 5.32 Å². The number of aliphatic carboxylic acids is 1. The molecule has 3 N–H and O–H groups in total. The van der Waals surface area contributed by atoms with E-state index in [-0.39, 0.29) is 29.2 Å². The normalized spacial score (nSPS) is 21.6. The van der Waals surface area contributed by atoms with Crippen LogP contribution >= 0.6 is 0 Å². The van der Waals surface area contributed by atoms with Gasteiger partial charge >= 0.3 is 5.97 Å². The number of phenols is 1. The van der Waals surface area contributed by atoms with Crippen LogP contribution in [0.3, 0.4) is 0 Å². The van der Waals surface area contributed by atoms with E-state index in [1.807, 2.05) is 59.5 Å². The molecular formula is C30H30N2O5. The Morgan fingerprint density at radius 1 is 0.838 bits per heavy atom. The molecule has 0 saturated carbocycles. The number of nitrogens with zero attached hydrogens (tertiary/aromatic N) is 1. The van der Waals surface area contributed by atoms with Gasteiger partial charge in [-0.25, -0.2) is 0 Å². The Bertz CT molecular complexity index is 1320. The van der Waals surface area contributed by atoms with Crippen LogP contribution in [-0.2, 0) is 15.0 Å². The Labute approximate surface area is 215 Å². The van der Waals surface area contributed by atoms with Gasteiger partial charge in [-0.15, -0.1) is 0 Å². The van der Waals surface area contributed by atoms with Gasteiger partial charge in [0, 0.05) is 19.1 Å². The zero-order chi connectivity index (χ0) is 26.0. The van der Waals surface area contributed by atoms with Gasteiger partial charge in [0.25, 0.3) is 5.91 Å². The minimum atomic E-state index is -1.19. The number of carboxylic acids is 1. The topological polar surface area (TPSA) is 107 Å². The molecule has 3 aromatic carbocycles. The van der Waals surface area contributed by atoms with Crippen LogP contribution in [0.1, 0.15) is 58.6 Å². The summed E-state index contributed by atoms with van der Waals surface area (Å²) in [7, 11) is 0. The SMILES string of the molecule is O=C(NC1CCN(C(=O)[C@H]2CC[C@@](C(=O)O)(c3ccccc3)c3ccccc32)CC1)c1ccccc1O. The summed E-state index contributed by atoms with van der Waals surface area (Å²) in [6, 6.07) is 23.0. The van der Waals surface area contributed by atoms with Gasteiger partial charge in [0.05, 0.1) is 11.5 Å². The number of amides is 2. The molecule has 2 atom stereocenters. The molecule has 2 aliphatic rings. The fourth-order valence-electron chi connectivity index (χ4n) is 5.86. The van der Waals surface area contributed by atoms with Crippen molar-refractivity contribution in [2.24, 2.45) is 0 Å². The maximum atomic E-state index is 13.7. The second-order valence-corrected chi connectivity index (χ2v) is 9.85. The number of phenolic OH excluding ortho intramolecular Hbond substituents is 1. The van der Waals surface area contributed by atoms with Gasteiger partial charge in [-0.3, -0.25) is 14.4 Å². The number of benzene rings is 3. The van der Waals surface area contributed by atoms with Crippen LogP contribution in [0.4, 0.5) is 0 Å². The highest BCUT2D eigenvalue weighted by Gasteiger charge is 2.49. The molecule has 1 aliphatic carbocycles. The molecule has 7 nitrogen and oxygen atoms in total. The van der Waals surface area contributed by atoms with Gasteiger partial charge in [0.15, 0.2) is 0 Å². The van der Waals surface area contributed by atoms with Crippen molar-refractivity contribution in [3.05, 3.63) is 101 Å². The molecule has 1 aliphatic heterocycles. The van der Waals surface area contributed by atoms with Gasteiger partial charge in [-0.1, -0.05) is 66.7 Å². The van der Waals surface area contributed by atoms with E-state index in [1.165, 1.54) is 6.07 Å². The highest BCUT2D eigenvalue weighted by Crippen LogP contribution is 2.47. The number of carbonyl (C=O) groups is 3. The minimum absolute atomic E-state index is 0.00461. The maximum absolute atomic E-state index is 13.7. The molecule has 2 amide bonds. The number of fused-ring (bicyclic) bond motifs is 1. The zero-order valence-corrected chi connectivity index (χ0v) is 20.5. The number of carbonyl (C=O) groups excluding carboxylic acids is 2. The van der Waals surface area contributed by atoms with Gasteiger partial charge < -0.3 is 20.4 Å². The molecule has 190 valence electrons. The fraction of sp³-hybridized carbons (Fsp3) is 0.300. The summed E-state index contributed by atoms with van der Waals surface area (Å²) in [4.78, 5) is 40.8. The number of carboxylic acid groups (broad SMARTS) is 1. The molecule has 5 rings (SSSR count). The molecule has 7 heteroatoms. The Kier molecular flexibility index (Phi) is 6.70. The average Bonchev–Trinajstić information content (AvgIpc) is 2.93. The summed E-state index contributed by atoms with van der Waals surface area (Å²) in [5.74, 6) is -1.69. The number of para-hydroxylation sites is 1. The second-order valence-electron chi connectivity index (χ2n) is 9.85. The molecule has 1 saturated heterocycles. The number of piperidine rings is 1. The van der Waals surface area contributed by atoms with Crippen molar-refractivity contribution < 1.29 is 24.6 Å². The molecule has 0 aromatic heterocycles. The lowest BCUT2D eigenvalue weighted by Gasteiger charge is -2.41. The van der Waals surface area contributed by atoms with Crippen molar-refractivity contribution in [2.75, 3.05) is 13.1 Å². The van der Waals surface area contributed by atoms with E-state index in [9.17, 15) is 24.6 Å². The highest BCUT2D eigenvalue weighted by molar-refractivity contribution is 5.97. The van der Waals surface area contributed by atoms with E-state index in [1.54, 1.807) is 18.2 Å². The first-order valence-corrected chi connectivity index (χ1v) is 12.7. The molecule has 37 heavy (non-hydrogen) atoms. The molecule has 0 bridgehead atoms. The van der Waals surface area contributed by atoms with Crippen LogP contribution in [0.2, 0.25) is 0 Å². The van der Waals surface area contributed by atoms with Gasteiger partial charge in [0.1, 0.15) is 11.2 Å². The van der Waals surface area contributed by atoms with Crippen LogP contribution in [0.15, 0.2) is 78.9 Å². The molecule has 0 radical (unpaired) electrons. The first-order valence-electron chi connectivity index (χ1n) is 12.7. The quantitative estimate of drug-likeness (QED) is 0.492. The fourth-order valence-corrected chi connectivity index (χ4v) is 5.86. The second kappa shape index (κ2) is 10.1. The summed E-state index contributed by atoms with van der Waals surface area (Å²) in [6.07, 6.45) is 2.01. The van der Waals surface area contributed by atoms with E-state index in [4.69, 9.17) is 0 Å². The van der Waals surface area contributed by atoms with E-state index < -0.39 is 17.3 Å². The third-order valence-electron chi connectivity index (χ3n) is 7.82. The Morgan fingerprint density at radius 3 is 2.19 bits per heavy atom. The standard InChI is InChI=1S/C30H30N2O5/c33-26-13-7-5-11-24(26)27(34)31-21-15-18-32(19-16-21)28(35)23-14-17-30(29(36)37,20-8-2-1-3-9-20)25-12-6-4-10-22(23)25/h1-13,21,23,33H,14-19H2,(H,31,34)(H,36,37)/t23-,30+/m0/s1. The van der Waals surface area contributed by atoms with Gasteiger partial charge in [0.2, 0.25) is 5.91 Å². The van der Waals surface area contributed by atoms with Gasteiger partial charge in [-0.2, -0.15) is 0 Å². The summed E-state index contributed by atoms with van der Waals surface area (Å²) in [5, 5.41) is 23.3. The summed E-state index contributed by atoms with van der Waals surface area (Å²) < 4.78 is 0. The van der Waals surface area contributed by atoms with Crippen molar-refractivity contribution in [2.45, 2.75) is 43.1 Å². The van der Waals surface area contributed by atoms with Crippen molar-refractivity contribution in [3.63, 3.8) is 0 Å². The number of rotatable bonds is 5. The number of hydrogen-bond donors (Lipinski definition) is 3. The van der Waals surface area contributed by atoms with Gasteiger partial charge in [-0.05, 0) is 54.5 Å². The third-order valence-corrected chi connectivity index (χ3v) is 7.82. The smallest absolute Gasteiger partial charge is 0.318 e. The lowest BCUT2D eigenvalue weighted by molar-refractivity contribution is -0.144. The largest absolute Gasteiger partial charge is 0.507 e.